The molecule has 2 N–H and O–H groups in total. The zero-order chi connectivity index (χ0) is 15.2. The fourth-order valence-electron chi connectivity index (χ4n) is 2.93. The van der Waals surface area contributed by atoms with E-state index in [0.29, 0.717) is 6.54 Å². The number of rotatable bonds is 6. The highest BCUT2D eigenvalue weighted by molar-refractivity contribution is 5.86. The van der Waals surface area contributed by atoms with Crippen molar-refractivity contribution in [2.24, 2.45) is 0 Å². The molecule has 0 bridgehead atoms. The number of aliphatic hydroxyl groups is 1. The Labute approximate surface area is 143 Å². The first-order valence-electron chi connectivity index (χ1n) is 7.74. The number of nitrogens with one attached hydrogen (secondary N) is 1. The van der Waals surface area contributed by atoms with Crippen molar-refractivity contribution < 1.29 is 5.11 Å². The smallest absolute Gasteiger partial charge is 0.0556 e. The maximum absolute atomic E-state index is 9.18. The van der Waals surface area contributed by atoms with Crippen LogP contribution in [0.4, 0.5) is 0 Å². The highest BCUT2D eigenvalue weighted by atomic mass is 35.5. The minimum absolute atomic E-state index is 0. The molecule has 0 radical (unpaired) electrons. The molecular weight excluding hydrogens is 306 g/mol. The van der Waals surface area contributed by atoms with Crippen molar-refractivity contribution in [3.63, 3.8) is 0 Å². The summed E-state index contributed by atoms with van der Waals surface area (Å²) in [5.41, 5.74) is 2.58. The highest BCUT2D eigenvalue weighted by Crippen LogP contribution is 2.26. The molecule has 120 valence electrons. The van der Waals surface area contributed by atoms with Gasteiger partial charge in [0.1, 0.15) is 0 Å². The Hall–Kier alpha value is -1.87. The maximum Gasteiger partial charge on any atom is 0.0556 e. The van der Waals surface area contributed by atoms with E-state index < -0.39 is 0 Å². The molecule has 0 saturated carbocycles. The molecular formula is C20H22ClNO. The van der Waals surface area contributed by atoms with Crippen molar-refractivity contribution in [3.8, 4) is 0 Å². The molecule has 0 aliphatic rings. The van der Waals surface area contributed by atoms with E-state index in [-0.39, 0.29) is 25.1 Å². The van der Waals surface area contributed by atoms with Crippen molar-refractivity contribution in [3.05, 3.63) is 83.9 Å². The topological polar surface area (TPSA) is 32.3 Å². The first kappa shape index (κ1) is 17.5. The molecule has 1 unspecified atom stereocenters. The van der Waals surface area contributed by atoms with Gasteiger partial charge in [-0.2, -0.15) is 0 Å². The van der Waals surface area contributed by atoms with E-state index in [1.54, 1.807) is 0 Å². The van der Waals surface area contributed by atoms with Crippen LogP contribution in [0.15, 0.2) is 72.8 Å². The second kappa shape index (κ2) is 8.68. The van der Waals surface area contributed by atoms with Gasteiger partial charge in [-0.05, 0) is 28.3 Å². The number of hydrogen-bond acceptors (Lipinski definition) is 2. The summed E-state index contributed by atoms with van der Waals surface area (Å²) in [6.07, 6.45) is 0.912. The molecule has 0 spiro atoms. The van der Waals surface area contributed by atoms with Crippen LogP contribution in [-0.4, -0.2) is 18.3 Å². The van der Waals surface area contributed by atoms with Crippen LogP contribution in [-0.2, 0) is 6.42 Å². The molecule has 1 atom stereocenters. The minimum Gasteiger partial charge on any atom is -0.395 e. The summed E-state index contributed by atoms with van der Waals surface area (Å²) >= 11 is 0. The molecule has 0 saturated heterocycles. The van der Waals surface area contributed by atoms with E-state index in [1.807, 2.05) is 6.07 Å². The van der Waals surface area contributed by atoms with Gasteiger partial charge in [-0.25, -0.2) is 0 Å². The van der Waals surface area contributed by atoms with Crippen molar-refractivity contribution in [1.82, 2.24) is 5.32 Å². The number of benzene rings is 3. The van der Waals surface area contributed by atoms with E-state index in [2.05, 4.69) is 72.0 Å². The van der Waals surface area contributed by atoms with Crippen LogP contribution >= 0.6 is 12.4 Å². The number of halogens is 1. The molecule has 2 nitrogen and oxygen atoms in total. The fraction of sp³-hybridized carbons (Fsp3) is 0.200. The molecule has 3 heteroatoms. The average Bonchev–Trinajstić information content (AvgIpc) is 2.59. The van der Waals surface area contributed by atoms with Crippen LogP contribution in [0.5, 0.6) is 0 Å². The third kappa shape index (κ3) is 4.32. The Morgan fingerprint density at radius 3 is 2.30 bits per heavy atom. The summed E-state index contributed by atoms with van der Waals surface area (Å²) in [6, 6.07) is 25.6. The van der Waals surface area contributed by atoms with Crippen molar-refractivity contribution in [2.75, 3.05) is 13.2 Å². The minimum atomic E-state index is 0. The predicted octanol–water partition coefficient (Wildman–Crippen LogP) is 4.13. The first-order chi connectivity index (χ1) is 10.9. The summed E-state index contributed by atoms with van der Waals surface area (Å²) in [5, 5.41) is 15.2. The molecule has 23 heavy (non-hydrogen) atoms. The van der Waals surface area contributed by atoms with E-state index >= 15 is 0 Å². The molecule has 0 aliphatic carbocycles. The lowest BCUT2D eigenvalue weighted by molar-refractivity contribution is 0.284. The molecule has 0 aromatic heterocycles. The first-order valence-corrected chi connectivity index (χ1v) is 7.74. The van der Waals surface area contributed by atoms with Gasteiger partial charge in [0.15, 0.2) is 0 Å². The monoisotopic (exact) mass is 327 g/mol. The maximum atomic E-state index is 9.18. The van der Waals surface area contributed by atoms with Gasteiger partial charge in [0, 0.05) is 12.6 Å². The van der Waals surface area contributed by atoms with Gasteiger partial charge in [-0.1, -0.05) is 72.8 Å². The van der Waals surface area contributed by atoms with Crippen LogP contribution in [0, 0.1) is 0 Å². The Bertz CT molecular complexity index is 725. The zero-order valence-electron chi connectivity index (χ0n) is 13.0. The fourth-order valence-corrected chi connectivity index (χ4v) is 2.93. The van der Waals surface area contributed by atoms with E-state index in [0.717, 1.165) is 6.42 Å². The Morgan fingerprint density at radius 1 is 0.826 bits per heavy atom. The van der Waals surface area contributed by atoms with Crippen LogP contribution in [0.25, 0.3) is 10.8 Å². The number of aliphatic hydroxyl groups excluding tert-OH is 1. The van der Waals surface area contributed by atoms with Gasteiger partial charge < -0.3 is 10.4 Å². The van der Waals surface area contributed by atoms with E-state index in [4.69, 9.17) is 0 Å². The standard InChI is InChI=1S/C20H21NO.ClH/c22-14-13-21-20(15-16-7-2-1-3-8-16)19-12-6-10-17-9-4-5-11-18(17)19;/h1-12,20-22H,13-15H2;1H. The summed E-state index contributed by atoms with van der Waals surface area (Å²) in [5.74, 6) is 0. The second-order valence-corrected chi connectivity index (χ2v) is 5.49. The van der Waals surface area contributed by atoms with Gasteiger partial charge in [-0.15, -0.1) is 12.4 Å². The molecule has 3 aromatic rings. The largest absolute Gasteiger partial charge is 0.395 e. The Morgan fingerprint density at radius 2 is 1.52 bits per heavy atom. The Balaban J connectivity index is 0.00000192. The normalized spacial score (nSPS) is 11.9. The van der Waals surface area contributed by atoms with Gasteiger partial charge in [0.05, 0.1) is 6.61 Å². The molecule has 0 aliphatic heterocycles. The van der Waals surface area contributed by atoms with E-state index in [9.17, 15) is 5.11 Å². The van der Waals surface area contributed by atoms with Gasteiger partial charge >= 0.3 is 0 Å². The summed E-state index contributed by atoms with van der Waals surface area (Å²) in [7, 11) is 0. The lowest BCUT2D eigenvalue weighted by Crippen LogP contribution is -2.26. The van der Waals surface area contributed by atoms with Crippen molar-refractivity contribution >= 4 is 23.2 Å². The van der Waals surface area contributed by atoms with Crippen molar-refractivity contribution in [2.45, 2.75) is 12.5 Å². The van der Waals surface area contributed by atoms with Gasteiger partial charge in [0.25, 0.3) is 0 Å². The molecule has 3 rings (SSSR count). The Kier molecular flexibility index (Phi) is 6.60. The summed E-state index contributed by atoms with van der Waals surface area (Å²) in [4.78, 5) is 0. The molecule has 0 fully saturated rings. The third-order valence-corrected chi connectivity index (χ3v) is 3.98. The van der Waals surface area contributed by atoms with Crippen molar-refractivity contribution in [1.29, 1.82) is 0 Å². The lowest BCUT2D eigenvalue weighted by atomic mass is 9.94. The molecule has 0 amide bonds. The second-order valence-electron chi connectivity index (χ2n) is 5.49. The van der Waals surface area contributed by atoms with E-state index in [1.165, 1.54) is 21.9 Å². The average molecular weight is 328 g/mol. The van der Waals surface area contributed by atoms with Crippen LogP contribution < -0.4 is 5.32 Å². The lowest BCUT2D eigenvalue weighted by Gasteiger charge is -2.21. The third-order valence-electron chi connectivity index (χ3n) is 3.98. The molecule has 3 aromatic carbocycles. The van der Waals surface area contributed by atoms with Crippen LogP contribution in [0.1, 0.15) is 17.2 Å². The number of hydrogen-bond donors (Lipinski definition) is 2. The van der Waals surface area contributed by atoms with Crippen LogP contribution in [0.2, 0.25) is 0 Å². The SMILES string of the molecule is Cl.OCCNC(Cc1ccccc1)c1cccc2ccccc12. The summed E-state index contributed by atoms with van der Waals surface area (Å²) < 4.78 is 0. The molecule has 0 heterocycles. The van der Waals surface area contributed by atoms with Gasteiger partial charge in [0.2, 0.25) is 0 Å². The van der Waals surface area contributed by atoms with Crippen LogP contribution in [0.3, 0.4) is 0 Å². The number of fused-ring (bicyclic) bond motifs is 1. The zero-order valence-corrected chi connectivity index (χ0v) is 13.8. The highest BCUT2D eigenvalue weighted by Gasteiger charge is 2.14. The van der Waals surface area contributed by atoms with Gasteiger partial charge in [-0.3, -0.25) is 0 Å². The predicted molar refractivity (Wildman–Crippen MR) is 99.2 cm³/mol. The summed E-state index contributed by atoms with van der Waals surface area (Å²) in [6.45, 7) is 0.747. The quantitative estimate of drug-likeness (QED) is 0.713.